The van der Waals surface area contributed by atoms with Crippen LogP contribution in [0.25, 0.3) is 16.6 Å². The molecule has 0 bridgehead atoms. The van der Waals surface area contributed by atoms with E-state index in [2.05, 4.69) is 55.8 Å². The van der Waals surface area contributed by atoms with E-state index in [4.69, 9.17) is 9.84 Å². The van der Waals surface area contributed by atoms with E-state index in [-0.39, 0.29) is 5.91 Å². The first-order valence-electron chi connectivity index (χ1n) is 10.8. The number of hydrogen-bond donors (Lipinski definition) is 1. The van der Waals surface area contributed by atoms with Crippen LogP contribution in [-0.2, 0) is 0 Å². The van der Waals surface area contributed by atoms with Crippen LogP contribution in [0.15, 0.2) is 43.0 Å². The highest BCUT2D eigenvalue weighted by Gasteiger charge is 2.26. The maximum atomic E-state index is 13.0. The van der Waals surface area contributed by atoms with Gasteiger partial charge in [0.15, 0.2) is 5.65 Å². The standard InChI is InChI=1S/C23H25IN6O2/c1-14(24)15-4-6-17(7-5-15)30-13-16-10-20(21(32-2)11-19(16)28-30)27-23(31)18-12-26-29-9-3-8-25-22(18)29/h3,8-15,17H,4-7H2,1-2H3,(H,27,31). The summed E-state index contributed by atoms with van der Waals surface area (Å²) in [5, 5.41) is 13.0. The summed E-state index contributed by atoms with van der Waals surface area (Å²) in [6.07, 6.45) is 11.8. The number of alkyl halides is 1. The lowest BCUT2D eigenvalue weighted by molar-refractivity contribution is 0.102. The van der Waals surface area contributed by atoms with Gasteiger partial charge in [-0.05, 0) is 43.7 Å². The van der Waals surface area contributed by atoms with Crippen LogP contribution in [0, 0.1) is 5.92 Å². The molecule has 1 aromatic carbocycles. The normalized spacial score (nSPS) is 19.8. The highest BCUT2D eigenvalue weighted by molar-refractivity contribution is 14.1. The van der Waals surface area contributed by atoms with Crippen LogP contribution in [0.5, 0.6) is 5.75 Å². The zero-order chi connectivity index (χ0) is 22.2. The summed E-state index contributed by atoms with van der Waals surface area (Å²) in [5.41, 5.74) is 2.38. The van der Waals surface area contributed by atoms with Gasteiger partial charge < -0.3 is 10.1 Å². The van der Waals surface area contributed by atoms with Gasteiger partial charge in [-0.1, -0.05) is 29.5 Å². The Morgan fingerprint density at radius 1 is 1.28 bits per heavy atom. The minimum atomic E-state index is -0.282. The number of fused-ring (bicyclic) bond motifs is 2. The van der Waals surface area contributed by atoms with Crippen LogP contribution in [0.2, 0.25) is 0 Å². The van der Waals surface area contributed by atoms with Crippen molar-refractivity contribution in [2.75, 3.05) is 12.4 Å². The summed E-state index contributed by atoms with van der Waals surface area (Å²) in [5.74, 6) is 1.09. The van der Waals surface area contributed by atoms with E-state index in [1.54, 1.807) is 30.1 Å². The molecule has 1 unspecified atom stereocenters. The number of carbonyl (C=O) groups excluding carboxylic acids is 1. The molecule has 5 rings (SSSR count). The fraction of sp³-hybridized carbons (Fsp3) is 0.391. The van der Waals surface area contributed by atoms with Crippen LogP contribution in [0.1, 0.15) is 49.0 Å². The van der Waals surface area contributed by atoms with Crippen molar-refractivity contribution in [2.45, 2.75) is 42.6 Å². The number of nitrogens with one attached hydrogen (secondary N) is 1. The quantitative estimate of drug-likeness (QED) is 0.286. The van der Waals surface area contributed by atoms with Crippen LogP contribution in [-0.4, -0.2) is 41.3 Å². The fourth-order valence-corrected chi connectivity index (χ4v) is 5.25. The summed E-state index contributed by atoms with van der Waals surface area (Å²) in [4.78, 5) is 17.2. The van der Waals surface area contributed by atoms with Gasteiger partial charge in [-0.15, -0.1) is 0 Å². The second kappa shape index (κ2) is 8.68. The molecule has 32 heavy (non-hydrogen) atoms. The molecule has 8 nitrogen and oxygen atoms in total. The SMILES string of the molecule is COc1cc2nn(C3CCC(C(C)I)CC3)cc2cc1NC(=O)c1cnn2cccnc12. The van der Waals surface area contributed by atoms with Crippen molar-refractivity contribution in [3.8, 4) is 5.75 Å². The van der Waals surface area contributed by atoms with Crippen molar-refractivity contribution in [1.29, 1.82) is 0 Å². The Kier molecular flexibility index (Phi) is 5.75. The maximum absolute atomic E-state index is 13.0. The Bertz CT molecular complexity index is 1270. The Morgan fingerprint density at radius 3 is 2.84 bits per heavy atom. The summed E-state index contributed by atoms with van der Waals surface area (Å²) < 4.78 is 9.94. The highest BCUT2D eigenvalue weighted by atomic mass is 127. The monoisotopic (exact) mass is 544 g/mol. The van der Waals surface area contributed by atoms with Gasteiger partial charge in [0, 0.05) is 34.0 Å². The molecule has 0 saturated heterocycles. The first kappa shape index (κ1) is 21.2. The van der Waals surface area contributed by atoms with Gasteiger partial charge in [0.25, 0.3) is 5.91 Å². The minimum Gasteiger partial charge on any atom is -0.494 e. The van der Waals surface area contributed by atoms with Crippen molar-refractivity contribution in [3.63, 3.8) is 0 Å². The van der Waals surface area contributed by atoms with E-state index >= 15 is 0 Å². The van der Waals surface area contributed by atoms with Gasteiger partial charge in [0.05, 0.1) is 30.6 Å². The Morgan fingerprint density at radius 2 is 2.09 bits per heavy atom. The van der Waals surface area contributed by atoms with Crippen LogP contribution >= 0.6 is 22.6 Å². The molecule has 1 atom stereocenters. The van der Waals surface area contributed by atoms with Gasteiger partial charge in [0.1, 0.15) is 11.3 Å². The van der Waals surface area contributed by atoms with E-state index < -0.39 is 0 Å². The molecule has 0 spiro atoms. The molecule has 0 radical (unpaired) electrons. The van der Waals surface area contributed by atoms with Gasteiger partial charge in [0.2, 0.25) is 0 Å². The summed E-state index contributed by atoms with van der Waals surface area (Å²) in [7, 11) is 1.59. The molecule has 1 aliphatic rings. The van der Waals surface area contributed by atoms with Crippen molar-refractivity contribution >= 4 is 50.7 Å². The molecule has 166 valence electrons. The molecule has 1 fully saturated rings. The fourth-order valence-electron chi connectivity index (χ4n) is 4.53. The number of halogens is 1. The van der Waals surface area contributed by atoms with Crippen LogP contribution in [0.3, 0.4) is 0 Å². The molecule has 4 aromatic rings. The first-order chi connectivity index (χ1) is 15.5. The number of methoxy groups -OCH3 is 1. The Balaban J connectivity index is 1.40. The van der Waals surface area contributed by atoms with Gasteiger partial charge >= 0.3 is 0 Å². The number of ether oxygens (including phenoxy) is 1. The van der Waals surface area contributed by atoms with Gasteiger partial charge in [-0.3, -0.25) is 9.48 Å². The molecule has 9 heteroatoms. The topological polar surface area (TPSA) is 86.3 Å². The van der Waals surface area contributed by atoms with Crippen LogP contribution < -0.4 is 10.1 Å². The average molecular weight is 544 g/mol. The van der Waals surface area contributed by atoms with Crippen molar-refractivity contribution in [2.24, 2.45) is 5.92 Å². The predicted molar refractivity (Wildman–Crippen MR) is 132 cm³/mol. The van der Waals surface area contributed by atoms with E-state index in [0.29, 0.717) is 32.6 Å². The van der Waals surface area contributed by atoms with Crippen molar-refractivity contribution in [1.82, 2.24) is 24.4 Å². The molecule has 3 heterocycles. The lowest BCUT2D eigenvalue weighted by Crippen LogP contribution is -2.22. The molecule has 1 aliphatic carbocycles. The number of benzene rings is 1. The summed E-state index contributed by atoms with van der Waals surface area (Å²) in [6, 6.07) is 6.00. The van der Waals surface area contributed by atoms with Gasteiger partial charge in [-0.25, -0.2) is 9.50 Å². The number of amides is 1. The number of hydrogen-bond acceptors (Lipinski definition) is 5. The first-order valence-corrected chi connectivity index (χ1v) is 12.1. The third-order valence-electron chi connectivity index (χ3n) is 6.38. The molecule has 3 aromatic heterocycles. The van der Waals surface area contributed by atoms with Crippen LogP contribution in [0.4, 0.5) is 5.69 Å². The second-order valence-electron chi connectivity index (χ2n) is 8.37. The van der Waals surface area contributed by atoms with E-state index in [1.807, 2.05) is 12.1 Å². The lowest BCUT2D eigenvalue weighted by atomic mass is 9.84. The molecule has 1 saturated carbocycles. The zero-order valence-electron chi connectivity index (χ0n) is 18.0. The third kappa shape index (κ3) is 3.94. The molecule has 0 aliphatic heterocycles. The maximum Gasteiger partial charge on any atom is 0.261 e. The minimum absolute atomic E-state index is 0.282. The van der Waals surface area contributed by atoms with E-state index in [0.717, 1.165) is 29.7 Å². The van der Waals surface area contributed by atoms with Crippen molar-refractivity contribution in [3.05, 3.63) is 48.5 Å². The van der Waals surface area contributed by atoms with Gasteiger partial charge in [-0.2, -0.15) is 10.2 Å². The smallest absolute Gasteiger partial charge is 0.261 e. The molecule has 1 N–H and O–H groups in total. The van der Waals surface area contributed by atoms with Crippen molar-refractivity contribution < 1.29 is 9.53 Å². The Labute approximate surface area is 199 Å². The number of anilines is 1. The predicted octanol–water partition coefficient (Wildman–Crippen LogP) is 4.89. The largest absolute Gasteiger partial charge is 0.494 e. The Hall–Kier alpha value is -2.69. The second-order valence-corrected chi connectivity index (χ2v) is 10.3. The number of carbonyl (C=O) groups is 1. The van der Waals surface area contributed by atoms with E-state index in [9.17, 15) is 4.79 Å². The lowest BCUT2D eigenvalue weighted by Gasteiger charge is -2.30. The third-order valence-corrected chi connectivity index (χ3v) is 7.40. The molecular weight excluding hydrogens is 519 g/mol. The molecular formula is C23H25IN6O2. The average Bonchev–Trinajstić information content (AvgIpc) is 3.42. The zero-order valence-corrected chi connectivity index (χ0v) is 20.2. The highest BCUT2D eigenvalue weighted by Crippen LogP contribution is 2.37. The summed E-state index contributed by atoms with van der Waals surface area (Å²) in [6.45, 7) is 2.30. The van der Waals surface area contributed by atoms with E-state index in [1.165, 1.54) is 19.0 Å². The summed E-state index contributed by atoms with van der Waals surface area (Å²) >= 11 is 2.54. The number of aromatic nitrogens is 5. The number of rotatable bonds is 5. The number of nitrogens with zero attached hydrogens (tertiary/aromatic N) is 5. The molecule has 1 amide bonds.